The number of carbonyl (C=O) groups excluding carboxylic acids is 2. The quantitative estimate of drug-likeness (QED) is 0.474. The maximum absolute atomic E-state index is 12.1. The minimum absolute atomic E-state index is 0.00453. The van der Waals surface area contributed by atoms with E-state index >= 15 is 0 Å². The third-order valence-corrected chi connectivity index (χ3v) is 3.26. The summed E-state index contributed by atoms with van der Waals surface area (Å²) in [4.78, 5) is 23.6. The second kappa shape index (κ2) is 5.05. The highest BCUT2D eigenvalue weighted by molar-refractivity contribution is 14.1. The molecule has 0 N–H and O–H groups in total. The highest BCUT2D eigenvalue weighted by atomic mass is 127. The third kappa shape index (κ3) is 2.49. The summed E-state index contributed by atoms with van der Waals surface area (Å²) in [5, 5.41) is 0. The van der Waals surface area contributed by atoms with E-state index < -0.39 is 5.92 Å². The van der Waals surface area contributed by atoms with Gasteiger partial charge in [0.25, 0.3) is 0 Å². The van der Waals surface area contributed by atoms with Crippen LogP contribution in [0.3, 0.4) is 0 Å². The molecule has 0 saturated carbocycles. The summed E-state index contributed by atoms with van der Waals surface area (Å²) in [5.74, 6) is -0.731. The van der Waals surface area contributed by atoms with E-state index in [0.717, 1.165) is 3.57 Å². The zero-order valence-corrected chi connectivity index (χ0v) is 10.8. The van der Waals surface area contributed by atoms with E-state index in [9.17, 15) is 9.59 Å². The van der Waals surface area contributed by atoms with Gasteiger partial charge >= 0.3 is 0 Å². The fourth-order valence-electron chi connectivity index (χ4n) is 1.71. The molecule has 0 spiro atoms. The summed E-state index contributed by atoms with van der Waals surface area (Å²) < 4.78 is 6.17. The van der Waals surface area contributed by atoms with Crippen LogP contribution in [-0.4, -0.2) is 24.8 Å². The number of hydrogen-bond donors (Lipinski definition) is 0. The molecule has 0 amide bonds. The van der Waals surface area contributed by atoms with Crippen LogP contribution >= 0.6 is 22.6 Å². The van der Waals surface area contributed by atoms with Crippen molar-refractivity contribution in [3.63, 3.8) is 0 Å². The van der Waals surface area contributed by atoms with Crippen LogP contribution in [-0.2, 0) is 9.53 Å². The van der Waals surface area contributed by atoms with Gasteiger partial charge in [-0.2, -0.15) is 0 Å². The Labute approximate surface area is 107 Å². The Morgan fingerprint density at radius 1 is 1.44 bits per heavy atom. The summed E-state index contributed by atoms with van der Waals surface area (Å²) >= 11 is 2.15. The first-order valence-electron chi connectivity index (χ1n) is 5.09. The van der Waals surface area contributed by atoms with Crippen molar-refractivity contribution in [2.75, 3.05) is 13.2 Å². The second-order valence-corrected chi connectivity index (χ2v) is 4.96. The highest BCUT2D eigenvalue weighted by Gasteiger charge is 2.30. The van der Waals surface area contributed by atoms with E-state index in [2.05, 4.69) is 22.6 Å². The minimum atomic E-state index is -0.605. The first-order chi connectivity index (χ1) is 7.68. The van der Waals surface area contributed by atoms with Gasteiger partial charge in [0, 0.05) is 15.6 Å². The van der Waals surface area contributed by atoms with E-state index in [1.54, 1.807) is 12.1 Å². The molecule has 1 saturated heterocycles. The van der Waals surface area contributed by atoms with Gasteiger partial charge in [-0.25, -0.2) is 0 Å². The maximum Gasteiger partial charge on any atom is 0.175 e. The van der Waals surface area contributed by atoms with Crippen molar-refractivity contribution in [2.45, 2.75) is 6.42 Å². The number of Topliss-reactive ketones (excluding diaryl/α,β-unsaturated/α-hetero) is 2. The lowest BCUT2D eigenvalue weighted by Crippen LogP contribution is -2.33. The molecule has 1 atom stereocenters. The number of halogens is 1. The molecule has 2 rings (SSSR count). The zero-order chi connectivity index (χ0) is 11.5. The van der Waals surface area contributed by atoms with Crippen molar-refractivity contribution in [1.29, 1.82) is 0 Å². The van der Waals surface area contributed by atoms with Crippen molar-refractivity contribution in [2.24, 2.45) is 5.92 Å². The zero-order valence-electron chi connectivity index (χ0n) is 8.61. The number of carbonyl (C=O) groups is 2. The van der Waals surface area contributed by atoms with Crippen LogP contribution in [0.15, 0.2) is 24.3 Å². The van der Waals surface area contributed by atoms with Crippen LogP contribution in [0, 0.1) is 9.49 Å². The molecule has 1 heterocycles. The minimum Gasteiger partial charge on any atom is -0.380 e. The molecule has 0 aliphatic carbocycles. The maximum atomic E-state index is 12.1. The number of benzene rings is 1. The molecule has 1 fully saturated rings. The first kappa shape index (κ1) is 11.7. The number of ether oxygens (including phenoxy) is 1. The van der Waals surface area contributed by atoms with Gasteiger partial charge in [0.2, 0.25) is 0 Å². The highest BCUT2D eigenvalue weighted by Crippen LogP contribution is 2.17. The molecular formula is C12H11IO3. The van der Waals surface area contributed by atoms with Crippen molar-refractivity contribution in [3.8, 4) is 0 Å². The van der Waals surface area contributed by atoms with Crippen LogP contribution < -0.4 is 0 Å². The molecule has 4 heteroatoms. The predicted octanol–water partition coefficient (Wildman–Crippen LogP) is 2.08. The molecule has 16 heavy (non-hydrogen) atoms. The first-order valence-corrected chi connectivity index (χ1v) is 6.16. The van der Waals surface area contributed by atoms with Crippen LogP contribution in [0.1, 0.15) is 16.8 Å². The Hall–Kier alpha value is -0.750. The fourth-order valence-corrected chi connectivity index (χ4v) is 2.25. The lowest BCUT2D eigenvalue weighted by molar-refractivity contribution is -0.128. The number of hydrogen-bond acceptors (Lipinski definition) is 3. The molecular weight excluding hydrogens is 319 g/mol. The summed E-state index contributed by atoms with van der Waals surface area (Å²) in [6, 6.07) is 7.27. The summed E-state index contributed by atoms with van der Waals surface area (Å²) in [6.07, 6.45) is 0.348. The van der Waals surface area contributed by atoms with Gasteiger partial charge in [-0.05, 0) is 34.7 Å². The van der Waals surface area contributed by atoms with Gasteiger partial charge in [0.15, 0.2) is 5.78 Å². The standard InChI is InChI=1S/C12H11IO3/c13-9-3-1-2-8(6-9)12(15)10-7-16-5-4-11(10)14/h1-3,6,10H,4-5,7H2. The van der Waals surface area contributed by atoms with E-state index in [0.29, 0.717) is 18.6 Å². The molecule has 3 nitrogen and oxygen atoms in total. The van der Waals surface area contributed by atoms with Gasteiger partial charge in [-0.3, -0.25) is 9.59 Å². The Balaban J connectivity index is 2.21. The van der Waals surface area contributed by atoms with Crippen molar-refractivity contribution in [3.05, 3.63) is 33.4 Å². The lowest BCUT2D eigenvalue weighted by Gasteiger charge is -2.19. The topological polar surface area (TPSA) is 43.4 Å². The molecule has 1 aromatic carbocycles. The normalized spacial score (nSPS) is 20.8. The van der Waals surface area contributed by atoms with Gasteiger partial charge in [-0.15, -0.1) is 0 Å². The monoisotopic (exact) mass is 330 g/mol. The smallest absolute Gasteiger partial charge is 0.175 e. The predicted molar refractivity (Wildman–Crippen MR) is 67.4 cm³/mol. The Morgan fingerprint density at radius 2 is 2.25 bits per heavy atom. The average Bonchev–Trinajstić information content (AvgIpc) is 2.29. The molecule has 0 aromatic heterocycles. The Kier molecular flexibility index (Phi) is 3.70. The molecule has 1 aliphatic rings. The van der Waals surface area contributed by atoms with E-state index in [1.165, 1.54) is 0 Å². The van der Waals surface area contributed by atoms with Crippen molar-refractivity contribution >= 4 is 34.2 Å². The van der Waals surface area contributed by atoms with Gasteiger partial charge < -0.3 is 4.74 Å². The van der Waals surface area contributed by atoms with E-state index in [4.69, 9.17) is 4.74 Å². The van der Waals surface area contributed by atoms with Crippen LogP contribution in [0.25, 0.3) is 0 Å². The Morgan fingerprint density at radius 3 is 2.94 bits per heavy atom. The summed E-state index contributed by atoms with van der Waals surface area (Å²) in [7, 11) is 0. The molecule has 1 aromatic rings. The summed E-state index contributed by atoms with van der Waals surface area (Å²) in [5.41, 5.74) is 0.593. The van der Waals surface area contributed by atoms with Crippen molar-refractivity contribution in [1.82, 2.24) is 0 Å². The SMILES string of the molecule is O=C1CCOCC1C(=O)c1cccc(I)c1. The van der Waals surface area contributed by atoms with Gasteiger partial charge in [0.05, 0.1) is 13.2 Å². The van der Waals surface area contributed by atoms with Crippen LogP contribution in [0.2, 0.25) is 0 Å². The number of rotatable bonds is 2. The van der Waals surface area contributed by atoms with E-state index in [1.807, 2.05) is 12.1 Å². The molecule has 1 aliphatic heterocycles. The van der Waals surface area contributed by atoms with Gasteiger partial charge in [-0.1, -0.05) is 12.1 Å². The third-order valence-electron chi connectivity index (χ3n) is 2.59. The number of ketones is 2. The molecule has 0 radical (unpaired) electrons. The fraction of sp³-hybridized carbons (Fsp3) is 0.333. The molecule has 0 bridgehead atoms. The lowest BCUT2D eigenvalue weighted by atomic mass is 9.92. The molecule has 1 unspecified atom stereocenters. The largest absolute Gasteiger partial charge is 0.380 e. The van der Waals surface area contributed by atoms with Crippen LogP contribution in [0.5, 0.6) is 0 Å². The average molecular weight is 330 g/mol. The van der Waals surface area contributed by atoms with Crippen LogP contribution in [0.4, 0.5) is 0 Å². The van der Waals surface area contributed by atoms with Crippen molar-refractivity contribution < 1.29 is 14.3 Å². The van der Waals surface area contributed by atoms with E-state index in [-0.39, 0.29) is 18.2 Å². The molecule has 84 valence electrons. The Bertz CT molecular complexity index is 428. The summed E-state index contributed by atoms with van der Waals surface area (Å²) in [6.45, 7) is 0.665. The van der Waals surface area contributed by atoms with Gasteiger partial charge in [0.1, 0.15) is 11.7 Å². The second-order valence-electron chi connectivity index (χ2n) is 3.72.